The van der Waals surface area contributed by atoms with E-state index in [0.717, 1.165) is 0 Å². The average molecular weight is 266 g/mol. The molecule has 0 aromatic heterocycles. The highest BCUT2D eigenvalue weighted by molar-refractivity contribution is 6.23. The summed E-state index contributed by atoms with van der Waals surface area (Å²) in [4.78, 5) is 26.2. The molecule has 3 aliphatic rings. The van der Waals surface area contributed by atoms with E-state index in [-0.39, 0.29) is 24.0 Å². The summed E-state index contributed by atoms with van der Waals surface area (Å²) >= 11 is 0. The van der Waals surface area contributed by atoms with Crippen LogP contribution in [0.5, 0.6) is 0 Å². The number of hydrogen-bond donors (Lipinski definition) is 0. The molecule has 3 heterocycles. The predicted molar refractivity (Wildman–Crippen MR) is 68.4 cm³/mol. The molecule has 0 radical (unpaired) electrons. The maximum atomic E-state index is 12.5. The van der Waals surface area contributed by atoms with Crippen LogP contribution in [0.1, 0.15) is 5.56 Å². The van der Waals surface area contributed by atoms with Crippen molar-refractivity contribution >= 4 is 17.5 Å². The van der Waals surface area contributed by atoms with Gasteiger partial charge in [-0.2, -0.15) is 5.26 Å². The molecule has 20 heavy (non-hydrogen) atoms. The zero-order valence-electron chi connectivity index (χ0n) is 10.4. The highest BCUT2D eigenvalue weighted by atomic mass is 16.5. The van der Waals surface area contributed by atoms with Gasteiger partial charge >= 0.3 is 0 Å². The number of carbonyl (C=O) groups excluding carboxylic acids is 2. The van der Waals surface area contributed by atoms with Crippen LogP contribution >= 0.6 is 0 Å². The normalized spacial score (nSPS) is 33.6. The van der Waals surface area contributed by atoms with Crippen molar-refractivity contribution in [2.45, 2.75) is 12.2 Å². The molecule has 2 amide bonds. The van der Waals surface area contributed by atoms with Gasteiger partial charge in [-0.3, -0.25) is 9.59 Å². The van der Waals surface area contributed by atoms with Gasteiger partial charge in [0.15, 0.2) is 0 Å². The first-order valence-electron chi connectivity index (χ1n) is 6.42. The lowest BCUT2D eigenvalue weighted by atomic mass is 9.85. The number of carbonyl (C=O) groups is 2. The number of ether oxygens (including phenoxy) is 1. The molecule has 1 aromatic carbocycles. The molecule has 3 aliphatic heterocycles. The number of hydrogen-bond acceptors (Lipinski definition) is 4. The van der Waals surface area contributed by atoms with E-state index in [1.54, 1.807) is 24.3 Å². The van der Waals surface area contributed by atoms with Crippen LogP contribution in [0, 0.1) is 23.2 Å². The second-order valence-electron chi connectivity index (χ2n) is 5.17. The predicted octanol–water partition coefficient (Wildman–Crippen LogP) is 1.00. The van der Waals surface area contributed by atoms with Crippen molar-refractivity contribution < 1.29 is 14.3 Å². The van der Waals surface area contributed by atoms with Crippen LogP contribution in [0.3, 0.4) is 0 Å². The van der Waals surface area contributed by atoms with E-state index in [9.17, 15) is 9.59 Å². The molecule has 0 saturated carbocycles. The minimum absolute atomic E-state index is 0.207. The van der Waals surface area contributed by atoms with Gasteiger partial charge in [0.25, 0.3) is 0 Å². The van der Waals surface area contributed by atoms with Gasteiger partial charge in [-0.1, -0.05) is 12.2 Å². The lowest BCUT2D eigenvalue weighted by molar-refractivity contribution is -0.124. The Labute approximate surface area is 115 Å². The number of rotatable bonds is 1. The van der Waals surface area contributed by atoms with Crippen LogP contribution in [0.25, 0.3) is 0 Å². The van der Waals surface area contributed by atoms with Gasteiger partial charge in [-0.25, -0.2) is 4.90 Å². The molecule has 0 spiro atoms. The number of benzene rings is 1. The molecule has 2 fully saturated rings. The van der Waals surface area contributed by atoms with Gasteiger partial charge in [-0.15, -0.1) is 0 Å². The summed E-state index contributed by atoms with van der Waals surface area (Å²) in [5.41, 5.74) is 1.02. The van der Waals surface area contributed by atoms with Crippen molar-refractivity contribution in [3.63, 3.8) is 0 Å². The van der Waals surface area contributed by atoms with Crippen molar-refractivity contribution in [1.29, 1.82) is 5.26 Å². The first kappa shape index (κ1) is 11.4. The van der Waals surface area contributed by atoms with Crippen molar-refractivity contribution in [2.75, 3.05) is 4.90 Å². The lowest BCUT2D eigenvalue weighted by Gasteiger charge is -2.17. The van der Waals surface area contributed by atoms with Crippen LogP contribution in [0.2, 0.25) is 0 Å². The Hall–Kier alpha value is -2.45. The third kappa shape index (κ3) is 1.29. The molecule has 4 rings (SSSR count). The number of nitriles is 1. The maximum Gasteiger partial charge on any atom is 0.240 e. The Morgan fingerprint density at radius 1 is 1.00 bits per heavy atom. The Morgan fingerprint density at radius 2 is 1.55 bits per heavy atom. The van der Waals surface area contributed by atoms with E-state index in [1.165, 1.54) is 4.90 Å². The van der Waals surface area contributed by atoms with Crippen LogP contribution < -0.4 is 4.90 Å². The molecule has 98 valence electrons. The molecule has 5 nitrogen and oxygen atoms in total. The third-order valence-corrected chi connectivity index (χ3v) is 4.17. The third-order valence-electron chi connectivity index (χ3n) is 4.17. The SMILES string of the molecule is N#Cc1ccc(N2C(=O)[C@@H]3[C@H](C2=O)[C@@H]2C=C[C@@H]3O2)cc1. The van der Waals surface area contributed by atoms with E-state index in [1.807, 2.05) is 18.2 Å². The van der Waals surface area contributed by atoms with Crippen molar-refractivity contribution in [3.05, 3.63) is 42.0 Å². The second-order valence-corrected chi connectivity index (χ2v) is 5.17. The van der Waals surface area contributed by atoms with E-state index < -0.39 is 11.8 Å². The fourth-order valence-corrected chi connectivity index (χ4v) is 3.24. The Morgan fingerprint density at radius 3 is 2.05 bits per heavy atom. The number of fused-ring (bicyclic) bond motifs is 5. The van der Waals surface area contributed by atoms with Gasteiger partial charge in [0.1, 0.15) is 0 Å². The molecule has 4 atom stereocenters. The molecule has 5 heteroatoms. The molecular weight excluding hydrogens is 256 g/mol. The van der Waals surface area contributed by atoms with Crippen LogP contribution in [0.4, 0.5) is 5.69 Å². The highest BCUT2D eigenvalue weighted by Gasteiger charge is 2.60. The lowest BCUT2D eigenvalue weighted by Crippen LogP contribution is -2.34. The molecule has 0 N–H and O–H groups in total. The van der Waals surface area contributed by atoms with E-state index in [4.69, 9.17) is 10.00 Å². The van der Waals surface area contributed by atoms with Gasteiger partial charge in [0.2, 0.25) is 11.8 Å². The second kappa shape index (κ2) is 3.78. The first-order chi connectivity index (χ1) is 9.70. The monoisotopic (exact) mass is 266 g/mol. The number of nitrogens with zero attached hydrogens (tertiary/aromatic N) is 2. The fraction of sp³-hybridized carbons (Fsp3) is 0.267. The Kier molecular flexibility index (Phi) is 2.15. The van der Waals surface area contributed by atoms with Gasteiger partial charge < -0.3 is 4.74 Å². The zero-order chi connectivity index (χ0) is 13.9. The van der Waals surface area contributed by atoms with E-state index in [2.05, 4.69) is 0 Å². The number of imide groups is 1. The van der Waals surface area contributed by atoms with Crippen molar-refractivity contribution in [3.8, 4) is 6.07 Å². The summed E-state index contributed by atoms with van der Waals surface area (Å²) in [5, 5.41) is 8.78. The van der Waals surface area contributed by atoms with Gasteiger partial charge in [-0.05, 0) is 24.3 Å². The molecule has 0 aliphatic carbocycles. The average Bonchev–Trinajstić information content (AvgIpc) is 3.14. The van der Waals surface area contributed by atoms with Gasteiger partial charge in [0.05, 0.1) is 41.4 Å². The molecule has 2 bridgehead atoms. The summed E-state index contributed by atoms with van der Waals surface area (Å²) in [6, 6.07) is 8.48. The standard InChI is InChI=1S/C15H10N2O3/c16-7-8-1-3-9(4-2-8)17-14(18)12-10-5-6-11(20-10)13(12)15(17)19/h1-6,10-13H/t10-,11-,12-,13+/m0/s1. The first-order valence-corrected chi connectivity index (χ1v) is 6.42. The number of amides is 2. The van der Waals surface area contributed by atoms with Crippen LogP contribution in [-0.2, 0) is 14.3 Å². The summed E-state index contributed by atoms with van der Waals surface area (Å²) in [6.45, 7) is 0. The number of anilines is 1. The molecular formula is C15H10N2O3. The molecule has 2 saturated heterocycles. The van der Waals surface area contributed by atoms with E-state index in [0.29, 0.717) is 11.3 Å². The highest BCUT2D eigenvalue weighted by Crippen LogP contribution is 2.46. The van der Waals surface area contributed by atoms with E-state index >= 15 is 0 Å². The van der Waals surface area contributed by atoms with Crippen LogP contribution in [-0.4, -0.2) is 24.0 Å². The van der Waals surface area contributed by atoms with Crippen molar-refractivity contribution in [2.24, 2.45) is 11.8 Å². The Bertz CT molecular complexity index is 656. The minimum Gasteiger partial charge on any atom is -0.365 e. The quantitative estimate of drug-likeness (QED) is 0.561. The zero-order valence-corrected chi connectivity index (χ0v) is 10.4. The van der Waals surface area contributed by atoms with Crippen LogP contribution in [0.15, 0.2) is 36.4 Å². The summed E-state index contributed by atoms with van der Waals surface area (Å²) in [7, 11) is 0. The summed E-state index contributed by atoms with van der Waals surface area (Å²) in [6.07, 6.45) is 3.17. The largest absolute Gasteiger partial charge is 0.365 e. The molecule has 0 unspecified atom stereocenters. The van der Waals surface area contributed by atoms with Crippen molar-refractivity contribution in [1.82, 2.24) is 0 Å². The molecule has 1 aromatic rings. The minimum atomic E-state index is -0.395. The smallest absolute Gasteiger partial charge is 0.240 e. The summed E-state index contributed by atoms with van der Waals surface area (Å²) in [5.74, 6) is -1.20. The van der Waals surface area contributed by atoms with Gasteiger partial charge in [0, 0.05) is 0 Å². The summed E-state index contributed by atoms with van der Waals surface area (Å²) < 4.78 is 5.58. The maximum absolute atomic E-state index is 12.5. The Balaban J connectivity index is 1.72. The fourth-order valence-electron chi connectivity index (χ4n) is 3.24. The topological polar surface area (TPSA) is 70.4 Å².